The van der Waals surface area contributed by atoms with Crippen LogP contribution in [0.5, 0.6) is 0 Å². The quantitative estimate of drug-likeness (QED) is 0.617. The van der Waals surface area contributed by atoms with Crippen LogP contribution >= 0.6 is 0 Å². The second-order valence-electron chi connectivity index (χ2n) is 2.80. The highest BCUT2D eigenvalue weighted by atomic mass is 16.1. The summed E-state index contributed by atoms with van der Waals surface area (Å²) in [6.07, 6.45) is 2.07. The standard InChI is InChI=1S/C8H18N2O/c1-4-7(5-2)10-6(3)8(9)11/h6-7,10H,4-5H2,1-3H3,(H2,9,11)/t6-/m0/s1. The van der Waals surface area contributed by atoms with E-state index in [9.17, 15) is 4.79 Å². The van der Waals surface area contributed by atoms with Gasteiger partial charge in [-0.05, 0) is 19.8 Å². The Morgan fingerprint density at radius 3 is 2.18 bits per heavy atom. The summed E-state index contributed by atoms with van der Waals surface area (Å²) in [5, 5.41) is 3.14. The Morgan fingerprint density at radius 1 is 1.45 bits per heavy atom. The van der Waals surface area contributed by atoms with E-state index in [1.807, 2.05) is 0 Å². The molecule has 0 aliphatic heterocycles. The van der Waals surface area contributed by atoms with Crippen molar-refractivity contribution in [2.45, 2.75) is 45.7 Å². The van der Waals surface area contributed by atoms with E-state index >= 15 is 0 Å². The van der Waals surface area contributed by atoms with E-state index in [1.54, 1.807) is 6.92 Å². The lowest BCUT2D eigenvalue weighted by Crippen LogP contribution is -2.44. The molecule has 0 aromatic heterocycles. The van der Waals surface area contributed by atoms with Gasteiger partial charge < -0.3 is 11.1 Å². The smallest absolute Gasteiger partial charge is 0.234 e. The molecule has 0 saturated carbocycles. The summed E-state index contributed by atoms with van der Waals surface area (Å²) in [4.78, 5) is 10.6. The van der Waals surface area contributed by atoms with Gasteiger partial charge in [0.15, 0.2) is 0 Å². The molecule has 0 rings (SSSR count). The molecule has 0 spiro atoms. The van der Waals surface area contributed by atoms with Crippen molar-refractivity contribution in [1.29, 1.82) is 0 Å². The van der Waals surface area contributed by atoms with Gasteiger partial charge in [-0.15, -0.1) is 0 Å². The first-order valence-corrected chi connectivity index (χ1v) is 4.17. The number of nitrogens with one attached hydrogen (secondary N) is 1. The number of rotatable bonds is 5. The van der Waals surface area contributed by atoms with Crippen LogP contribution in [0.4, 0.5) is 0 Å². The van der Waals surface area contributed by atoms with Crippen molar-refractivity contribution in [3.8, 4) is 0 Å². The zero-order chi connectivity index (χ0) is 8.85. The molecule has 0 aromatic carbocycles. The minimum atomic E-state index is -0.281. The maximum Gasteiger partial charge on any atom is 0.234 e. The number of primary amides is 1. The Kier molecular flexibility index (Phi) is 4.86. The van der Waals surface area contributed by atoms with Gasteiger partial charge in [0.05, 0.1) is 6.04 Å². The Bertz CT molecular complexity index is 121. The molecular weight excluding hydrogens is 140 g/mol. The molecule has 0 unspecified atom stereocenters. The van der Waals surface area contributed by atoms with Crippen LogP contribution in [0.2, 0.25) is 0 Å². The van der Waals surface area contributed by atoms with Crippen LogP contribution in [0, 0.1) is 0 Å². The SMILES string of the molecule is CCC(CC)N[C@@H](C)C(N)=O. The zero-order valence-electron chi connectivity index (χ0n) is 7.55. The second kappa shape index (κ2) is 5.13. The summed E-state index contributed by atoms with van der Waals surface area (Å²) in [7, 11) is 0. The fourth-order valence-corrected chi connectivity index (χ4v) is 0.960. The molecule has 3 N–H and O–H groups in total. The highest BCUT2D eigenvalue weighted by Gasteiger charge is 2.11. The van der Waals surface area contributed by atoms with Gasteiger partial charge in [-0.25, -0.2) is 0 Å². The lowest BCUT2D eigenvalue weighted by atomic mass is 10.1. The first kappa shape index (κ1) is 10.4. The maximum atomic E-state index is 10.6. The Labute approximate surface area is 68.3 Å². The fourth-order valence-electron chi connectivity index (χ4n) is 0.960. The summed E-state index contributed by atoms with van der Waals surface area (Å²) in [6.45, 7) is 5.98. The summed E-state index contributed by atoms with van der Waals surface area (Å²) in [6, 6.07) is 0.206. The minimum absolute atomic E-state index is 0.208. The van der Waals surface area contributed by atoms with Gasteiger partial charge in [0, 0.05) is 6.04 Å². The van der Waals surface area contributed by atoms with Gasteiger partial charge in [-0.1, -0.05) is 13.8 Å². The largest absolute Gasteiger partial charge is 0.368 e. The summed E-state index contributed by atoms with van der Waals surface area (Å²) < 4.78 is 0. The normalized spacial score (nSPS) is 13.5. The third-order valence-corrected chi connectivity index (χ3v) is 1.90. The number of amides is 1. The predicted molar refractivity (Wildman–Crippen MR) is 46.2 cm³/mol. The van der Waals surface area contributed by atoms with Gasteiger partial charge in [-0.2, -0.15) is 0 Å². The number of hydrogen-bond donors (Lipinski definition) is 2. The molecule has 1 atom stereocenters. The molecule has 0 bridgehead atoms. The van der Waals surface area contributed by atoms with E-state index in [-0.39, 0.29) is 11.9 Å². The van der Waals surface area contributed by atoms with E-state index in [2.05, 4.69) is 19.2 Å². The molecule has 0 heterocycles. The predicted octanol–water partition coefficient (Wildman–Crippen LogP) is 0.638. The van der Waals surface area contributed by atoms with E-state index in [0.29, 0.717) is 6.04 Å². The molecule has 66 valence electrons. The van der Waals surface area contributed by atoms with E-state index in [4.69, 9.17) is 5.73 Å². The molecule has 0 fully saturated rings. The molecule has 11 heavy (non-hydrogen) atoms. The Balaban J connectivity index is 3.71. The van der Waals surface area contributed by atoms with Crippen LogP contribution in [0.3, 0.4) is 0 Å². The van der Waals surface area contributed by atoms with E-state index < -0.39 is 0 Å². The van der Waals surface area contributed by atoms with E-state index in [0.717, 1.165) is 12.8 Å². The highest BCUT2D eigenvalue weighted by molar-refractivity contribution is 5.79. The average Bonchev–Trinajstić information content (AvgIpc) is 1.99. The number of carbonyl (C=O) groups excluding carboxylic acids is 1. The monoisotopic (exact) mass is 158 g/mol. The maximum absolute atomic E-state index is 10.6. The molecule has 0 radical (unpaired) electrons. The minimum Gasteiger partial charge on any atom is -0.368 e. The van der Waals surface area contributed by atoms with E-state index in [1.165, 1.54) is 0 Å². The van der Waals surface area contributed by atoms with Gasteiger partial charge >= 0.3 is 0 Å². The van der Waals surface area contributed by atoms with Crippen LogP contribution in [0.15, 0.2) is 0 Å². The van der Waals surface area contributed by atoms with Crippen molar-refractivity contribution < 1.29 is 4.79 Å². The lowest BCUT2D eigenvalue weighted by Gasteiger charge is -2.18. The zero-order valence-corrected chi connectivity index (χ0v) is 7.55. The summed E-state index contributed by atoms with van der Waals surface area (Å²) in [5.74, 6) is -0.281. The highest BCUT2D eigenvalue weighted by Crippen LogP contribution is 1.97. The van der Waals surface area contributed by atoms with Gasteiger partial charge in [-0.3, -0.25) is 4.79 Å². The van der Waals surface area contributed by atoms with Crippen molar-refractivity contribution in [2.24, 2.45) is 5.73 Å². The lowest BCUT2D eigenvalue weighted by molar-refractivity contribution is -0.119. The van der Waals surface area contributed by atoms with Crippen LogP contribution < -0.4 is 11.1 Å². The molecule has 3 nitrogen and oxygen atoms in total. The van der Waals surface area contributed by atoms with Crippen LogP contribution in [-0.4, -0.2) is 18.0 Å². The number of nitrogens with two attached hydrogens (primary N) is 1. The van der Waals surface area contributed by atoms with Crippen molar-refractivity contribution in [3.05, 3.63) is 0 Å². The third-order valence-electron chi connectivity index (χ3n) is 1.90. The summed E-state index contributed by atoms with van der Waals surface area (Å²) in [5.41, 5.74) is 5.09. The molecule has 0 aromatic rings. The first-order valence-electron chi connectivity index (χ1n) is 4.17. The summed E-state index contributed by atoms with van der Waals surface area (Å²) >= 11 is 0. The Hall–Kier alpha value is -0.570. The van der Waals surface area contributed by atoms with Crippen molar-refractivity contribution in [1.82, 2.24) is 5.32 Å². The fraction of sp³-hybridized carbons (Fsp3) is 0.875. The first-order chi connectivity index (χ1) is 5.11. The number of carbonyl (C=O) groups is 1. The topological polar surface area (TPSA) is 55.1 Å². The molecule has 0 aliphatic rings. The van der Waals surface area contributed by atoms with Crippen LogP contribution in [0.25, 0.3) is 0 Å². The second-order valence-corrected chi connectivity index (χ2v) is 2.80. The van der Waals surface area contributed by atoms with Gasteiger partial charge in [0.25, 0.3) is 0 Å². The van der Waals surface area contributed by atoms with Crippen LogP contribution in [0.1, 0.15) is 33.6 Å². The van der Waals surface area contributed by atoms with Gasteiger partial charge in [0.1, 0.15) is 0 Å². The van der Waals surface area contributed by atoms with Crippen molar-refractivity contribution in [2.75, 3.05) is 0 Å². The third kappa shape index (κ3) is 3.98. The molecule has 0 saturated heterocycles. The average molecular weight is 158 g/mol. The molecule has 0 aliphatic carbocycles. The number of hydrogen-bond acceptors (Lipinski definition) is 2. The molecule has 1 amide bonds. The van der Waals surface area contributed by atoms with Crippen molar-refractivity contribution in [3.63, 3.8) is 0 Å². The molecular formula is C8H18N2O. The Morgan fingerprint density at radius 2 is 1.91 bits per heavy atom. The van der Waals surface area contributed by atoms with Gasteiger partial charge in [0.2, 0.25) is 5.91 Å². The van der Waals surface area contributed by atoms with Crippen LogP contribution in [-0.2, 0) is 4.79 Å². The molecule has 3 heteroatoms. The van der Waals surface area contributed by atoms with Crippen molar-refractivity contribution >= 4 is 5.91 Å².